The van der Waals surface area contributed by atoms with Crippen molar-refractivity contribution in [3.8, 4) is 0 Å². The second kappa shape index (κ2) is 7.79. The fraction of sp³-hybridized carbons (Fsp3) is 0.318. The molecule has 0 bridgehead atoms. The molecule has 1 saturated carbocycles. The first-order valence-electron chi connectivity index (χ1n) is 10.5. The smallest absolute Gasteiger partial charge is 0.383 e. The molecular formula is C22H19ClF3N7O. The van der Waals surface area contributed by atoms with Gasteiger partial charge in [0.25, 0.3) is 5.91 Å². The number of carbonyl (C=O) groups excluding carboxylic acids is 1. The molecule has 3 heterocycles. The molecule has 1 atom stereocenters. The quantitative estimate of drug-likeness (QED) is 0.451. The first-order chi connectivity index (χ1) is 16.1. The number of nitrogens with zero attached hydrogens (tertiary/aromatic N) is 6. The lowest BCUT2D eigenvalue weighted by molar-refractivity contribution is -0.141. The Balaban J connectivity index is 1.57. The highest BCUT2D eigenvalue weighted by Crippen LogP contribution is 2.38. The highest BCUT2D eigenvalue weighted by Gasteiger charge is 2.39. The van der Waals surface area contributed by atoms with Crippen LogP contribution in [0, 0.1) is 0 Å². The number of fused-ring (bicyclic) bond motifs is 3. The molecule has 8 nitrogen and oxygen atoms in total. The van der Waals surface area contributed by atoms with E-state index in [9.17, 15) is 18.0 Å². The van der Waals surface area contributed by atoms with Gasteiger partial charge in [-0.15, -0.1) is 5.10 Å². The van der Waals surface area contributed by atoms with Gasteiger partial charge >= 0.3 is 6.18 Å². The van der Waals surface area contributed by atoms with E-state index >= 15 is 0 Å². The van der Waals surface area contributed by atoms with Crippen LogP contribution in [0.4, 0.5) is 19.0 Å². The van der Waals surface area contributed by atoms with Crippen LogP contribution < -0.4 is 5.73 Å². The number of amides is 1. The summed E-state index contributed by atoms with van der Waals surface area (Å²) in [6.45, 7) is 1.71. The summed E-state index contributed by atoms with van der Waals surface area (Å²) in [5.74, 6) is -0.0457. The third-order valence-electron chi connectivity index (χ3n) is 6.02. The standard InChI is InChI=1S/C22H19ClF3N7O/c1-10(16-5-6-18(31-30-16)22(24,25)26)33(11-3-4-11)21(34)12-7-13-17(8-15(12)23)29-20(27)14-9-28-32(2)19(13)14/h5-11H,3-4H2,1-2H3,(H2,27,29)/t10-/m1/s1. The van der Waals surface area contributed by atoms with Crippen molar-refractivity contribution in [2.24, 2.45) is 7.05 Å². The number of hydrogen-bond acceptors (Lipinski definition) is 6. The normalized spacial score (nSPS) is 15.1. The van der Waals surface area contributed by atoms with E-state index in [2.05, 4.69) is 20.3 Å². The first kappa shape index (κ1) is 22.3. The number of hydrogen-bond donors (Lipinski definition) is 1. The van der Waals surface area contributed by atoms with Crippen LogP contribution in [0.2, 0.25) is 5.02 Å². The molecule has 1 amide bonds. The van der Waals surface area contributed by atoms with Gasteiger partial charge in [0, 0.05) is 18.5 Å². The lowest BCUT2D eigenvalue weighted by Gasteiger charge is -2.29. The van der Waals surface area contributed by atoms with E-state index in [4.69, 9.17) is 17.3 Å². The van der Waals surface area contributed by atoms with Gasteiger partial charge in [0.15, 0.2) is 5.69 Å². The Morgan fingerprint density at radius 2 is 1.97 bits per heavy atom. The largest absolute Gasteiger partial charge is 0.435 e. The maximum Gasteiger partial charge on any atom is 0.435 e. The van der Waals surface area contributed by atoms with Crippen molar-refractivity contribution < 1.29 is 18.0 Å². The molecule has 12 heteroatoms. The van der Waals surface area contributed by atoms with Gasteiger partial charge in [-0.3, -0.25) is 9.48 Å². The summed E-state index contributed by atoms with van der Waals surface area (Å²) in [5, 5.41) is 12.8. The van der Waals surface area contributed by atoms with Crippen molar-refractivity contribution in [2.75, 3.05) is 5.73 Å². The minimum atomic E-state index is -4.59. The topological polar surface area (TPSA) is 103 Å². The number of carbonyl (C=O) groups is 1. The molecule has 3 aromatic heterocycles. The Hall–Kier alpha value is -3.47. The molecule has 176 valence electrons. The molecule has 1 aliphatic carbocycles. The molecule has 0 aliphatic heterocycles. The van der Waals surface area contributed by atoms with E-state index in [-0.39, 0.29) is 28.2 Å². The highest BCUT2D eigenvalue weighted by atomic mass is 35.5. The number of nitrogens with two attached hydrogens (primary N) is 1. The second-order valence-corrected chi connectivity index (χ2v) is 8.74. The third kappa shape index (κ3) is 3.69. The van der Waals surface area contributed by atoms with Crippen LogP contribution in [0.25, 0.3) is 21.8 Å². The molecule has 0 spiro atoms. The summed E-state index contributed by atoms with van der Waals surface area (Å²) in [6, 6.07) is 4.68. The average Bonchev–Trinajstić information content (AvgIpc) is 3.53. The molecule has 0 radical (unpaired) electrons. The fourth-order valence-electron chi connectivity index (χ4n) is 4.15. The maximum absolute atomic E-state index is 13.7. The fourth-order valence-corrected chi connectivity index (χ4v) is 4.39. The number of halogens is 4. The zero-order valence-corrected chi connectivity index (χ0v) is 18.9. The van der Waals surface area contributed by atoms with Crippen molar-refractivity contribution >= 4 is 45.1 Å². The lowest BCUT2D eigenvalue weighted by Crippen LogP contribution is -2.36. The van der Waals surface area contributed by atoms with Gasteiger partial charge in [-0.1, -0.05) is 11.6 Å². The maximum atomic E-state index is 13.7. The number of anilines is 1. The predicted octanol–water partition coefficient (Wildman–Crippen LogP) is 4.53. The van der Waals surface area contributed by atoms with Crippen molar-refractivity contribution in [3.05, 3.63) is 52.4 Å². The summed E-state index contributed by atoms with van der Waals surface area (Å²) < 4.78 is 40.3. The van der Waals surface area contributed by atoms with Gasteiger partial charge in [-0.05, 0) is 44.0 Å². The van der Waals surface area contributed by atoms with Gasteiger partial charge in [-0.25, -0.2) is 4.98 Å². The van der Waals surface area contributed by atoms with Crippen LogP contribution >= 0.6 is 11.6 Å². The number of nitrogen functional groups attached to an aromatic ring is 1. The van der Waals surface area contributed by atoms with E-state index in [1.165, 1.54) is 6.07 Å². The van der Waals surface area contributed by atoms with Crippen molar-refractivity contribution in [3.63, 3.8) is 0 Å². The highest BCUT2D eigenvalue weighted by molar-refractivity contribution is 6.35. The molecule has 4 aromatic rings. The number of pyridine rings is 1. The van der Waals surface area contributed by atoms with Crippen LogP contribution in [0.3, 0.4) is 0 Å². The van der Waals surface area contributed by atoms with E-state index in [0.717, 1.165) is 18.9 Å². The Morgan fingerprint density at radius 1 is 1.24 bits per heavy atom. The van der Waals surface area contributed by atoms with E-state index < -0.39 is 17.9 Å². The molecule has 5 rings (SSSR count). The van der Waals surface area contributed by atoms with Crippen LogP contribution in [0.15, 0.2) is 30.5 Å². The van der Waals surface area contributed by atoms with Crippen molar-refractivity contribution in [1.82, 2.24) is 29.9 Å². The van der Waals surface area contributed by atoms with Crippen LogP contribution in [0.5, 0.6) is 0 Å². The van der Waals surface area contributed by atoms with Gasteiger partial charge in [-0.2, -0.15) is 23.4 Å². The average molecular weight is 490 g/mol. The zero-order chi connectivity index (χ0) is 24.4. The minimum absolute atomic E-state index is 0.0698. The first-order valence-corrected chi connectivity index (χ1v) is 10.9. The summed E-state index contributed by atoms with van der Waals surface area (Å²) in [5.41, 5.74) is 6.72. The minimum Gasteiger partial charge on any atom is -0.383 e. The zero-order valence-electron chi connectivity index (χ0n) is 18.1. The third-order valence-corrected chi connectivity index (χ3v) is 6.33. The summed E-state index contributed by atoms with van der Waals surface area (Å²) in [6.07, 6.45) is -1.43. The molecule has 1 aromatic carbocycles. The molecule has 2 N–H and O–H groups in total. The predicted molar refractivity (Wildman–Crippen MR) is 120 cm³/mol. The number of rotatable bonds is 4. The Morgan fingerprint density at radius 3 is 2.59 bits per heavy atom. The van der Waals surface area contributed by atoms with E-state index in [1.54, 1.807) is 41.9 Å². The van der Waals surface area contributed by atoms with Crippen molar-refractivity contribution in [1.29, 1.82) is 0 Å². The van der Waals surface area contributed by atoms with Gasteiger partial charge in [0.05, 0.1) is 44.9 Å². The molecule has 0 saturated heterocycles. The Labute approximate surface area is 196 Å². The number of aromatic nitrogens is 5. The Kier molecular flexibility index (Phi) is 5.12. The van der Waals surface area contributed by atoms with E-state index in [1.807, 2.05) is 0 Å². The molecule has 34 heavy (non-hydrogen) atoms. The number of alkyl halides is 3. The van der Waals surface area contributed by atoms with Crippen molar-refractivity contribution in [2.45, 2.75) is 38.0 Å². The monoisotopic (exact) mass is 489 g/mol. The Bertz CT molecular complexity index is 1430. The number of benzene rings is 1. The molecule has 1 fully saturated rings. The molecule has 1 aliphatic rings. The second-order valence-electron chi connectivity index (χ2n) is 8.34. The molecule has 0 unspecified atom stereocenters. The lowest BCUT2D eigenvalue weighted by atomic mass is 10.1. The molecular weight excluding hydrogens is 471 g/mol. The number of aryl methyl sites for hydroxylation is 1. The van der Waals surface area contributed by atoms with Gasteiger partial charge in [0.1, 0.15) is 5.82 Å². The van der Waals surface area contributed by atoms with Gasteiger partial charge in [0.2, 0.25) is 0 Å². The summed E-state index contributed by atoms with van der Waals surface area (Å²) in [7, 11) is 1.76. The van der Waals surface area contributed by atoms with Crippen LogP contribution in [-0.4, -0.2) is 41.8 Å². The van der Waals surface area contributed by atoms with Gasteiger partial charge < -0.3 is 10.6 Å². The van der Waals surface area contributed by atoms with Crippen LogP contribution in [-0.2, 0) is 13.2 Å². The SMILES string of the molecule is C[C@H](c1ccc(C(F)(F)F)nn1)N(C(=O)c1cc2c(cc1Cl)nc(N)c1cnn(C)c12)C1CC1. The summed E-state index contributed by atoms with van der Waals surface area (Å²) >= 11 is 6.50. The van der Waals surface area contributed by atoms with E-state index in [0.29, 0.717) is 27.6 Å². The van der Waals surface area contributed by atoms with Crippen LogP contribution in [0.1, 0.15) is 47.6 Å². The summed E-state index contributed by atoms with van der Waals surface area (Å²) in [4.78, 5) is 19.7.